The Hall–Kier alpha value is -1.25. The molecule has 1 aliphatic heterocycles. The molecule has 19 heavy (non-hydrogen) atoms. The molecule has 1 heterocycles. The Labute approximate surface area is 117 Å². The first-order chi connectivity index (χ1) is 8.69. The predicted octanol–water partition coefficient (Wildman–Crippen LogP) is 3.52. The third-order valence-electron chi connectivity index (χ3n) is 3.35. The van der Waals surface area contributed by atoms with Gasteiger partial charge in [0, 0.05) is 13.1 Å². The van der Waals surface area contributed by atoms with Crippen molar-refractivity contribution < 1.29 is 9.53 Å². The zero-order valence-corrected chi connectivity index (χ0v) is 13.0. The van der Waals surface area contributed by atoms with Gasteiger partial charge in [-0.15, -0.1) is 0 Å². The van der Waals surface area contributed by atoms with Crippen LogP contribution in [0, 0.1) is 5.92 Å². The van der Waals surface area contributed by atoms with E-state index < -0.39 is 0 Å². The molecule has 1 fully saturated rings. The molecule has 0 bridgehead atoms. The van der Waals surface area contributed by atoms with Crippen LogP contribution in [0.3, 0.4) is 0 Å². The maximum atomic E-state index is 11.1. The van der Waals surface area contributed by atoms with E-state index in [1.54, 1.807) is 13.0 Å². The molecule has 0 aromatic heterocycles. The summed E-state index contributed by atoms with van der Waals surface area (Å²) in [5.41, 5.74) is 1.01. The molecule has 1 rings (SSSR count). The summed E-state index contributed by atoms with van der Waals surface area (Å²) in [4.78, 5) is 13.3. The van der Waals surface area contributed by atoms with Gasteiger partial charge in [-0.05, 0) is 66.0 Å². The van der Waals surface area contributed by atoms with Gasteiger partial charge in [-0.25, -0.2) is 0 Å². The molecule has 1 saturated heterocycles. The Morgan fingerprint density at radius 1 is 1.26 bits per heavy atom. The second-order valence-electron chi connectivity index (χ2n) is 6.37. The van der Waals surface area contributed by atoms with Crippen LogP contribution < -0.4 is 0 Å². The molecule has 108 valence electrons. The number of hydrogen-bond acceptors (Lipinski definition) is 3. The Kier molecular flexibility index (Phi) is 5.21. The van der Waals surface area contributed by atoms with Crippen molar-refractivity contribution in [2.24, 2.45) is 5.92 Å². The zero-order chi connectivity index (χ0) is 14.6. The quantitative estimate of drug-likeness (QED) is 0.575. The fourth-order valence-corrected chi connectivity index (χ4v) is 2.44. The second-order valence-corrected chi connectivity index (χ2v) is 6.37. The van der Waals surface area contributed by atoms with Crippen molar-refractivity contribution in [2.45, 2.75) is 53.1 Å². The molecule has 1 aliphatic rings. The van der Waals surface area contributed by atoms with E-state index >= 15 is 0 Å². The summed E-state index contributed by atoms with van der Waals surface area (Å²) in [6, 6.07) is 0. The van der Waals surface area contributed by atoms with Crippen molar-refractivity contribution in [1.29, 1.82) is 0 Å². The second kappa shape index (κ2) is 6.27. The molecule has 0 aliphatic carbocycles. The molecule has 0 aromatic carbocycles. The van der Waals surface area contributed by atoms with Crippen molar-refractivity contribution in [3.05, 3.63) is 24.1 Å². The number of piperidine rings is 1. The topological polar surface area (TPSA) is 29.5 Å². The van der Waals surface area contributed by atoms with Crippen LogP contribution in [0.1, 0.15) is 47.5 Å². The lowest BCUT2D eigenvalue weighted by Crippen LogP contribution is -2.36. The highest BCUT2D eigenvalue weighted by molar-refractivity contribution is 5.87. The fourth-order valence-electron chi connectivity index (χ4n) is 2.44. The van der Waals surface area contributed by atoms with Crippen LogP contribution in [0.4, 0.5) is 0 Å². The normalized spacial score (nSPS) is 18.4. The summed E-state index contributed by atoms with van der Waals surface area (Å²) in [7, 11) is 0. The predicted molar refractivity (Wildman–Crippen MR) is 78.7 cm³/mol. The van der Waals surface area contributed by atoms with Gasteiger partial charge < -0.3 is 9.64 Å². The SMILES string of the molecule is C=C(OC(C)(C)C)N1CCC(/C(C)=C/C(C)=O)CC1. The molecule has 0 N–H and O–H groups in total. The highest BCUT2D eigenvalue weighted by atomic mass is 16.5. The van der Waals surface area contributed by atoms with Crippen molar-refractivity contribution in [1.82, 2.24) is 4.90 Å². The van der Waals surface area contributed by atoms with E-state index in [0.717, 1.165) is 31.8 Å². The third-order valence-corrected chi connectivity index (χ3v) is 3.35. The summed E-state index contributed by atoms with van der Waals surface area (Å²) < 4.78 is 5.80. The van der Waals surface area contributed by atoms with Gasteiger partial charge in [0.1, 0.15) is 5.60 Å². The summed E-state index contributed by atoms with van der Waals surface area (Å²) in [6.07, 6.45) is 3.88. The van der Waals surface area contributed by atoms with Crippen LogP contribution in [0.5, 0.6) is 0 Å². The van der Waals surface area contributed by atoms with Gasteiger partial charge in [-0.2, -0.15) is 0 Å². The molecule has 0 saturated carbocycles. The number of carbonyl (C=O) groups excluding carboxylic acids is 1. The van der Waals surface area contributed by atoms with E-state index in [4.69, 9.17) is 4.74 Å². The van der Waals surface area contributed by atoms with Crippen LogP contribution in [0.2, 0.25) is 0 Å². The standard InChI is InChI=1S/C16H27NO2/c1-12(11-13(2)18)15-7-9-17(10-8-15)14(3)19-16(4,5)6/h11,15H,3,7-10H2,1-2,4-6H3/b12-11+. The number of carbonyl (C=O) groups is 1. The number of likely N-dealkylation sites (tertiary alicyclic amines) is 1. The molecular weight excluding hydrogens is 238 g/mol. The van der Waals surface area contributed by atoms with Crippen LogP contribution >= 0.6 is 0 Å². The van der Waals surface area contributed by atoms with E-state index in [1.807, 2.05) is 20.8 Å². The summed E-state index contributed by atoms with van der Waals surface area (Å²) in [5, 5.41) is 0. The van der Waals surface area contributed by atoms with Gasteiger partial charge in [0.25, 0.3) is 0 Å². The Bertz CT molecular complexity index is 369. The lowest BCUT2D eigenvalue weighted by atomic mass is 9.89. The molecule has 0 spiro atoms. The van der Waals surface area contributed by atoms with Crippen LogP contribution in [-0.2, 0) is 9.53 Å². The molecule has 0 atom stereocenters. The van der Waals surface area contributed by atoms with E-state index in [9.17, 15) is 4.79 Å². The molecule has 3 nitrogen and oxygen atoms in total. The van der Waals surface area contributed by atoms with Gasteiger partial charge in [-0.3, -0.25) is 4.79 Å². The Morgan fingerprint density at radius 2 is 1.79 bits per heavy atom. The number of allylic oxidation sites excluding steroid dienone is 2. The van der Waals surface area contributed by atoms with E-state index in [2.05, 4.69) is 18.4 Å². The largest absolute Gasteiger partial charge is 0.474 e. The van der Waals surface area contributed by atoms with Gasteiger partial charge in [0.2, 0.25) is 0 Å². The summed E-state index contributed by atoms with van der Waals surface area (Å²) >= 11 is 0. The first-order valence-corrected chi connectivity index (χ1v) is 7.00. The fraction of sp³-hybridized carbons (Fsp3) is 0.688. The summed E-state index contributed by atoms with van der Waals surface area (Å²) in [5.74, 6) is 1.42. The molecule has 0 unspecified atom stereocenters. The number of hydrogen-bond donors (Lipinski definition) is 0. The van der Waals surface area contributed by atoms with Gasteiger partial charge >= 0.3 is 0 Å². The highest BCUT2D eigenvalue weighted by Gasteiger charge is 2.24. The Balaban J connectivity index is 2.49. The molecule has 3 heteroatoms. The highest BCUT2D eigenvalue weighted by Crippen LogP contribution is 2.27. The molecule has 0 amide bonds. The minimum atomic E-state index is -0.196. The van der Waals surface area contributed by atoms with Crippen molar-refractivity contribution in [3.8, 4) is 0 Å². The molecule has 0 radical (unpaired) electrons. The smallest absolute Gasteiger partial charge is 0.182 e. The lowest BCUT2D eigenvalue weighted by Gasteiger charge is -2.37. The molecule has 0 aromatic rings. The van der Waals surface area contributed by atoms with Gasteiger partial charge in [0.05, 0.1) is 0 Å². The van der Waals surface area contributed by atoms with Gasteiger partial charge in [0.15, 0.2) is 11.7 Å². The van der Waals surface area contributed by atoms with E-state index in [-0.39, 0.29) is 11.4 Å². The van der Waals surface area contributed by atoms with E-state index in [0.29, 0.717) is 5.92 Å². The van der Waals surface area contributed by atoms with Crippen LogP contribution in [0.25, 0.3) is 0 Å². The van der Waals surface area contributed by atoms with Gasteiger partial charge in [-0.1, -0.05) is 5.57 Å². The van der Waals surface area contributed by atoms with Crippen LogP contribution in [0.15, 0.2) is 24.1 Å². The Morgan fingerprint density at radius 3 is 2.21 bits per heavy atom. The average molecular weight is 265 g/mol. The van der Waals surface area contributed by atoms with E-state index in [1.165, 1.54) is 5.57 Å². The maximum absolute atomic E-state index is 11.1. The van der Waals surface area contributed by atoms with Crippen molar-refractivity contribution in [2.75, 3.05) is 13.1 Å². The lowest BCUT2D eigenvalue weighted by molar-refractivity contribution is -0.112. The maximum Gasteiger partial charge on any atom is 0.182 e. The monoisotopic (exact) mass is 265 g/mol. The average Bonchev–Trinajstić information content (AvgIpc) is 2.26. The number of rotatable bonds is 4. The number of nitrogens with zero attached hydrogens (tertiary/aromatic N) is 1. The number of ketones is 1. The zero-order valence-electron chi connectivity index (χ0n) is 13.0. The third kappa shape index (κ3) is 5.50. The molecular formula is C16H27NO2. The summed E-state index contributed by atoms with van der Waals surface area (Å²) in [6.45, 7) is 15.7. The minimum Gasteiger partial charge on any atom is -0.474 e. The first kappa shape index (κ1) is 15.8. The minimum absolute atomic E-state index is 0.139. The number of ether oxygens (including phenoxy) is 1. The van der Waals surface area contributed by atoms with Crippen LogP contribution in [-0.4, -0.2) is 29.4 Å². The first-order valence-electron chi connectivity index (χ1n) is 7.00. The van der Waals surface area contributed by atoms with Crippen molar-refractivity contribution in [3.63, 3.8) is 0 Å². The van der Waals surface area contributed by atoms with Crippen molar-refractivity contribution >= 4 is 5.78 Å².